The maximum absolute atomic E-state index is 11.5. The summed E-state index contributed by atoms with van der Waals surface area (Å²) < 4.78 is 0. The predicted molar refractivity (Wildman–Crippen MR) is 75.8 cm³/mol. The van der Waals surface area contributed by atoms with Crippen LogP contribution >= 0.6 is 0 Å². The molecule has 1 aliphatic carbocycles. The van der Waals surface area contributed by atoms with Crippen molar-refractivity contribution < 1.29 is 4.79 Å². The van der Waals surface area contributed by atoms with Crippen molar-refractivity contribution in [2.24, 2.45) is 5.92 Å². The van der Waals surface area contributed by atoms with Gasteiger partial charge in [0.25, 0.3) is 0 Å². The number of Topliss-reactive ketones (excluding diaryl/α,β-unsaturated/α-hetero) is 1. The van der Waals surface area contributed by atoms with Crippen molar-refractivity contribution in [2.75, 3.05) is 0 Å². The van der Waals surface area contributed by atoms with Crippen molar-refractivity contribution in [3.05, 3.63) is 54.4 Å². The van der Waals surface area contributed by atoms with Crippen LogP contribution in [0.25, 0.3) is 11.1 Å². The molecule has 1 heterocycles. The van der Waals surface area contributed by atoms with Crippen LogP contribution in [0.3, 0.4) is 0 Å². The van der Waals surface area contributed by atoms with Gasteiger partial charge in [0.15, 0.2) is 0 Å². The molecule has 1 aromatic carbocycles. The van der Waals surface area contributed by atoms with Crippen molar-refractivity contribution in [2.45, 2.75) is 25.7 Å². The molecular weight excluding hydrogens is 234 g/mol. The highest BCUT2D eigenvalue weighted by Gasteiger charge is 2.38. The highest BCUT2D eigenvalue weighted by Crippen LogP contribution is 2.41. The third-order valence-electron chi connectivity index (χ3n) is 4.11. The van der Waals surface area contributed by atoms with Crippen molar-refractivity contribution in [3.63, 3.8) is 0 Å². The Bertz CT molecular complexity index is 574. The van der Waals surface area contributed by atoms with Crippen LogP contribution in [-0.2, 0) is 4.79 Å². The number of ketones is 1. The molecule has 2 nitrogen and oxygen atoms in total. The Morgan fingerprint density at radius 2 is 1.68 bits per heavy atom. The lowest BCUT2D eigenvalue weighted by Crippen LogP contribution is -2.34. The smallest absolute Gasteiger partial charge is 0.137 e. The van der Waals surface area contributed by atoms with Gasteiger partial charge in [0.2, 0.25) is 0 Å². The fraction of sp³-hybridized carbons (Fsp3) is 0.294. The van der Waals surface area contributed by atoms with E-state index in [0.29, 0.717) is 18.1 Å². The number of rotatable bonds is 3. The highest BCUT2D eigenvalue weighted by molar-refractivity contribution is 5.89. The molecule has 1 aromatic heterocycles. The van der Waals surface area contributed by atoms with E-state index in [9.17, 15) is 4.79 Å². The average molecular weight is 251 g/mol. The van der Waals surface area contributed by atoms with E-state index in [0.717, 1.165) is 6.42 Å². The summed E-state index contributed by atoms with van der Waals surface area (Å²) in [5.41, 5.74) is 3.67. The first-order valence-corrected chi connectivity index (χ1v) is 6.82. The van der Waals surface area contributed by atoms with E-state index in [1.165, 1.54) is 16.7 Å². The zero-order valence-corrected chi connectivity index (χ0v) is 11.0. The van der Waals surface area contributed by atoms with Gasteiger partial charge in [-0.3, -0.25) is 9.78 Å². The highest BCUT2D eigenvalue weighted by atomic mass is 16.1. The summed E-state index contributed by atoms with van der Waals surface area (Å²) in [4.78, 5) is 15.6. The van der Waals surface area contributed by atoms with Crippen LogP contribution in [0.2, 0.25) is 0 Å². The largest absolute Gasteiger partial charge is 0.299 e. The van der Waals surface area contributed by atoms with E-state index < -0.39 is 0 Å². The minimum atomic E-state index is 0.242. The summed E-state index contributed by atoms with van der Waals surface area (Å²) in [6, 6.07) is 12.6. The molecule has 1 saturated carbocycles. The zero-order valence-electron chi connectivity index (χ0n) is 11.0. The lowest BCUT2D eigenvalue weighted by molar-refractivity contribution is -0.131. The Kier molecular flexibility index (Phi) is 3.16. The number of carbonyl (C=O) groups excluding carboxylic acids is 1. The minimum Gasteiger partial charge on any atom is -0.299 e. The van der Waals surface area contributed by atoms with Crippen molar-refractivity contribution in [3.8, 4) is 11.1 Å². The summed E-state index contributed by atoms with van der Waals surface area (Å²) in [5, 5.41) is 0. The van der Waals surface area contributed by atoms with Gasteiger partial charge in [-0.05, 0) is 35.2 Å². The second-order valence-electron chi connectivity index (χ2n) is 5.15. The number of carbonyl (C=O) groups is 1. The van der Waals surface area contributed by atoms with Gasteiger partial charge in [-0.2, -0.15) is 0 Å². The van der Waals surface area contributed by atoms with E-state index >= 15 is 0 Å². The fourth-order valence-electron chi connectivity index (χ4n) is 2.90. The molecule has 1 fully saturated rings. The van der Waals surface area contributed by atoms with Crippen molar-refractivity contribution in [1.29, 1.82) is 0 Å². The van der Waals surface area contributed by atoms with E-state index in [1.54, 1.807) is 12.4 Å². The summed E-state index contributed by atoms with van der Waals surface area (Å²) in [6.07, 6.45) is 5.28. The van der Waals surface area contributed by atoms with Crippen LogP contribution in [0.5, 0.6) is 0 Å². The van der Waals surface area contributed by atoms with Crippen molar-refractivity contribution >= 4 is 5.78 Å². The minimum absolute atomic E-state index is 0.242. The Balaban J connectivity index is 1.82. The van der Waals surface area contributed by atoms with E-state index in [4.69, 9.17) is 0 Å². The standard InChI is InChI=1S/C17H17NO/c1-2-15-16(11-17(15)19)14-5-3-12(4-6-14)13-7-9-18-10-8-13/h3-10,15-16H,2,11H2,1H3. The lowest BCUT2D eigenvalue weighted by atomic mass is 9.67. The molecule has 0 bridgehead atoms. The molecule has 0 amide bonds. The van der Waals surface area contributed by atoms with Gasteiger partial charge in [-0.25, -0.2) is 0 Å². The van der Waals surface area contributed by atoms with Gasteiger partial charge in [-0.1, -0.05) is 31.2 Å². The molecule has 2 heteroatoms. The maximum atomic E-state index is 11.5. The molecule has 1 aliphatic rings. The SMILES string of the molecule is CCC1C(=O)CC1c1ccc(-c2ccncc2)cc1. The lowest BCUT2D eigenvalue weighted by Gasteiger charge is -2.34. The van der Waals surface area contributed by atoms with E-state index in [2.05, 4.69) is 36.2 Å². The summed E-state index contributed by atoms with van der Waals surface area (Å²) in [7, 11) is 0. The van der Waals surface area contributed by atoms with Gasteiger partial charge in [0.05, 0.1) is 0 Å². The second-order valence-corrected chi connectivity index (χ2v) is 5.15. The van der Waals surface area contributed by atoms with Gasteiger partial charge >= 0.3 is 0 Å². The van der Waals surface area contributed by atoms with Gasteiger partial charge in [0.1, 0.15) is 5.78 Å². The summed E-state index contributed by atoms with van der Waals surface area (Å²) in [6.45, 7) is 2.10. The third-order valence-corrected chi connectivity index (χ3v) is 4.11. The molecule has 19 heavy (non-hydrogen) atoms. The Morgan fingerprint density at radius 3 is 2.26 bits per heavy atom. The Morgan fingerprint density at radius 1 is 1.05 bits per heavy atom. The topological polar surface area (TPSA) is 30.0 Å². The fourth-order valence-corrected chi connectivity index (χ4v) is 2.90. The number of hydrogen-bond acceptors (Lipinski definition) is 2. The molecule has 0 radical (unpaired) electrons. The molecule has 2 atom stereocenters. The van der Waals surface area contributed by atoms with Gasteiger partial charge < -0.3 is 0 Å². The Labute approximate surface area is 113 Å². The van der Waals surface area contributed by atoms with Crippen LogP contribution in [0.15, 0.2) is 48.8 Å². The second kappa shape index (κ2) is 4.96. The number of hydrogen-bond donors (Lipinski definition) is 0. The maximum Gasteiger partial charge on any atom is 0.137 e. The monoisotopic (exact) mass is 251 g/mol. The van der Waals surface area contributed by atoms with Gasteiger partial charge in [-0.15, -0.1) is 0 Å². The van der Waals surface area contributed by atoms with E-state index in [1.807, 2.05) is 12.1 Å². The molecule has 0 aliphatic heterocycles. The summed E-state index contributed by atoms with van der Waals surface area (Å²) >= 11 is 0. The van der Waals surface area contributed by atoms with Crippen LogP contribution in [-0.4, -0.2) is 10.8 Å². The van der Waals surface area contributed by atoms with Crippen LogP contribution in [0, 0.1) is 5.92 Å². The first kappa shape index (κ1) is 12.1. The number of pyridine rings is 1. The molecular formula is C17H17NO. The first-order chi connectivity index (χ1) is 9.29. The Hall–Kier alpha value is -1.96. The average Bonchev–Trinajstić information content (AvgIpc) is 2.46. The molecule has 2 unspecified atom stereocenters. The molecule has 0 spiro atoms. The number of aromatic nitrogens is 1. The van der Waals surface area contributed by atoms with Crippen LogP contribution in [0.4, 0.5) is 0 Å². The molecule has 0 saturated heterocycles. The first-order valence-electron chi connectivity index (χ1n) is 6.82. The molecule has 2 aromatic rings. The normalized spacial score (nSPS) is 22.1. The predicted octanol–water partition coefficient (Wildman–Crippen LogP) is 3.83. The zero-order chi connectivity index (χ0) is 13.2. The van der Waals surface area contributed by atoms with Gasteiger partial charge in [0, 0.05) is 30.7 Å². The quantitative estimate of drug-likeness (QED) is 0.829. The van der Waals surface area contributed by atoms with Crippen LogP contribution < -0.4 is 0 Å². The number of nitrogens with zero attached hydrogens (tertiary/aromatic N) is 1. The van der Waals surface area contributed by atoms with E-state index in [-0.39, 0.29) is 5.92 Å². The van der Waals surface area contributed by atoms with Crippen molar-refractivity contribution in [1.82, 2.24) is 4.98 Å². The number of benzene rings is 1. The summed E-state index contributed by atoms with van der Waals surface area (Å²) in [5.74, 6) is 1.10. The van der Waals surface area contributed by atoms with Crippen LogP contribution in [0.1, 0.15) is 31.2 Å². The molecule has 3 rings (SSSR count). The third kappa shape index (κ3) is 2.19. The molecule has 96 valence electrons. The molecule has 0 N–H and O–H groups in total.